The van der Waals surface area contributed by atoms with Crippen LogP contribution in [0.2, 0.25) is 0 Å². The molecule has 0 spiro atoms. The summed E-state index contributed by atoms with van der Waals surface area (Å²) in [5, 5.41) is 10.6. The molecule has 1 aliphatic rings. The second-order valence-corrected chi connectivity index (χ2v) is 5.07. The van der Waals surface area contributed by atoms with Crippen molar-refractivity contribution < 1.29 is 14.6 Å². The number of esters is 1. The summed E-state index contributed by atoms with van der Waals surface area (Å²) in [7, 11) is 0. The lowest BCUT2D eigenvalue weighted by Gasteiger charge is -2.38. The molecular weight excluding hydrogens is 228 g/mol. The molecule has 2 atom stereocenters. The molecule has 0 aromatic rings. The maximum Gasteiger partial charge on any atom is 0.330 e. The highest BCUT2D eigenvalue weighted by atomic mass is 16.5. The highest BCUT2D eigenvalue weighted by molar-refractivity contribution is 5.82. The Morgan fingerprint density at radius 2 is 2.11 bits per heavy atom. The van der Waals surface area contributed by atoms with E-state index in [0.29, 0.717) is 13.0 Å². The lowest BCUT2D eigenvalue weighted by atomic mass is 9.70. The largest absolute Gasteiger partial charge is 0.463 e. The fourth-order valence-corrected chi connectivity index (χ4v) is 2.44. The summed E-state index contributed by atoms with van der Waals surface area (Å²) in [5.74, 6) is 2.13. The van der Waals surface area contributed by atoms with Gasteiger partial charge in [-0.25, -0.2) is 4.79 Å². The molecule has 3 heteroatoms. The molecule has 100 valence electrons. The summed E-state index contributed by atoms with van der Waals surface area (Å²) in [6.45, 7) is 4.02. The Morgan fingerprint density at radius 1 is 1.44 bits per heavy atom. The van der Waals surface area contributed by atoms with Crippen LogP contribution in [-0.4, -0.2) is 23.3 Å². The maximum absolute atomic E-state index is 11.4. The number of hydrogen-bond donors (Lipinski definition) is 1. The van der Waals surface area contributed by atoms with Gasteiger partial charge in [-0.05, 0) is 26.2 Å². The van der Waals surface area contributed by atoms with E-state index in [4.69, 9.17) is 11.2 Å². The van der Waals surface area contributed by atoms with Crippen molar-refractivity contribution in [3.8, 4) is 12.3 Å². The van der Waals surface area contributed by atoms with Crippen LogP contribution in [0.4, 0.5) is 0 Å². The van der Waals surface area contributed by atoms with Crippen LogP contribution >= 0.6 is 0 Å². The Morgan fingerprint density at radius 3 is 2.72 bits per heavy atom. The molecule has 0 unspecified atom stereocenters. The number of terminal acetylenes is 1. The number of ether oxygens (including phenoxy) is 1. The Hall–Kier alpha value is -1.27. The van der Waals surface area contributed by atoms with Crippen molar-refractivity contribution in [3.05, 3.63) is 12.2 Å². The van der Waals surface area contributed by atoms with Crippen molar-refractivity contribution in [3.63, 3.8) is 0 Å². The topological polar surface area (TPSA) is 46.5 Å². The third kappa shape index (κ3) is 3.14. The Kier molecular flexibility index (Phi) is 4.98. The molecule has 1 saturated carbocycles. The van der Waals surface area contributed by atoms with Crippen LogP contribution in [0.3, 0.4) is 0 Å². The molecule has 0 radical (unpaired) electrons. The maximum atomic E-state index is 11.4. The van der Waals surface area contributed by atoms with Gasteiger partial charge in [-0.1, -0.05) is 31.8 Å². The zero-order valence-electron chi connectivity index (χ0n) is 11.2. The van der Waals surface area contributed by atoms with E-state index in [-0.39, 0.29) is 5.97 Å². The van der Waals surface area contributed by atoms with E-state index in [0.717, 1.165) is 25.7 Å². The Labute approximate surface area is 109 Å². The van der Waals surface area contributed by atoms with E-state index in [1.165, 1.54) is 6.08 Å². The second kappa shape index (κ2) is 6.06. The molecule has 1 aliphatic carbocycles. The van der Waals surface area contributed by atoms with Crippen LogP contribution in [0.25, 0.3) is 0 Å². The van der Waals surface area contributed by atoms with Gasteiger partial charge in [-0.15, -0.1) is 6.42 Å². The standard InChI is InChI=1S/C15H22O3/c1-4-15(17)11-8-6-7-10-14(15,3)12-9-13(16)18-5-2/h1,9,12,17H,5-8,10-11H2,2-3H3/b12-9+/t14-,15+/m1/s1. The van der Waals surface area contributed by atoms with Gasteiger partial charge < -0.3 is 9.84 Å². The van der Waals surface area contributed by atoms with Crippen LogP contribution in [0.15, 0.2) is 12.2 Å². The Bertz CT molecular complexity index is 366. The minimum atomic E-state index is -1.17. The Balaban J connectivity index is 2.92. The van der Waals surface area contributed by atoms with Gasteiger partial charge in [-0.2, -0.15) is 0 Å². The molecule has 1 rings (SSSR count). The molecule has 0 bridgehead atoms. The van der Waals surface area contributed by atoms with Crippen molar-refractivity contribution in [1.29, 1.82) is 0 Å². The van der Waals surface area contributed by atoms with Gasteiger partial charge in [0.05, 0.1) is 6.61 Å². The van der Waals surface area contributed by atoms with E-state index in [1.54, 1.807) is 13.0 Å². The number of carbonyl (C=O) groups excluding carboxylic acids is 1. The van der Waals surface area contributed by atoms with Crippen LogP contribution in [0.1, 0.15) is 46.0 Å². The molecule has 1 fully saturated rings. The third-order valence-electron chi connectivity index (χ3n) is 3.79. The summed E-state index contributed by atoms with van der Waals surface area (Å²) in [5.41, 5.74) is -1.74. The quantitative estimate of drug-likeness (QED) is 0.362. The summed E-state index contributed by atoms with van der Waals surface area (Å²) >= 11 is 0. The molecule has 18 heavy (non-hydrogen) atoms. The highest BCUT2D eigenvalue weighted by Gasteiger charge is 2.44. The van der Waals surface area contributed by atoms with Gasteiger partial charge in [0.15, 0.2) is 0 Å². The summed E-state index contributed by atoms with van der Waals surface area (Å²) in [6, 6.07) is 0. The summed E-state index contributed by atoms with van der Waals surface area (Å²) < 4.78 is 4.85. The first kappa shape index (κ1) is 14.8. The number of hydrogen-bond acceptors (Lipinski definition) is 3. The number of carbonyl (C=O) groups is 1. The number of aliphatic hydroxyl groups is 1. The minimum Gasteiger partial charge on any atom is -0.463 e. The van der Waals surface area contributed by atoms with Crippen molar-refractivity contribution in [2.45, 2.75) is 51.6 Å². The van der Waals surface area contributed by atoms with Gasteiger partial charge in [0.1, 0.15) is 5.60 Å². The SMILES string of the molecule is C#C[C@]1(O)CCCCC[C@]1(C)/C=C/C(=O)OCC. The molecular formula is C15H22O3. The molecule has 1 N–H and O–H groups in total. The van der Waals surface area contributed by atoms with E-state index in [1.807, 2.05) is 6.92 Å². The second-order valence-electron chi connectivity index (χ2n) is 5.07. The van der Waals surface area contributed by atoms with Crippen molar-refractivity contribution >= 4 is 5.97 Å². The predicted molar refractivity (Wildman–Crippen MR) is 70.7 cm³/mol. The lowest BCUT2D eigenvalue weighted by Crippen LogP contribution is -2.43. The minimum absolute atomic E-state index is 0.347. The fourth-order valence-electron chi connectivity index (χ4n) is 2.44. The summed E-state index contributed by atoms with van der Waals surface area (Å²) in [4.78, 5) is 11.4. The normalized spacial score (nSPS) is 32.8. The van der Waals surface area contributed by atoms with Crippen LogP contribution in [0.5, 0.6) is 0 Å². The van der Waals surface area contributed by atoms with Crippen LogP contribution < -0.4 is 0 Å². The highest BCUT2D eigenvalue weighted by Crippen LogP contribution is 2.43. The number of rotatable bonds is 3. The molecule has 3 nitrogen and oxygen atoms in total. The predicted octanol–water partition coefficient (Wildman–Crippen LogP) is 2.44. The first-order valence-electron chi connectivity index (χ1n) is 6.53. The molecule has 0 saturated heterocycles. The van der Waals surface area contributed by atoms with Gasteiger partial charge in [0.2, 0.25) is 0 Å². The van der Waals surface area contributed by atoms with E-state index >= 15 is 0 Å². The van der Waals surface area contributed by atoms with Gasteiger partial charge in [0, 0.05) is 11.5 Å². The summed E-state index contributed by atoms with van der Waals surface area (Å²) in [6.07, 6.45) is 13.0. The van der Waals surface area contributed by atoms with Crippen molar-refractivity contribution in [2.75, 3.05) is 6.61 Å². The first-order chi connectivity index (χ1) is 8.47. The average molecular weight is 250 g/mol. The molecule has 0 heterocycles. The third-order valence-corrected chi connectivity index (χ3v) is 3.79. The van der Waals surface area contributed by atoms with Gasteiger partial charge in [0.25, 0.3) is 0 Å². The molecule has 0 aliphatic heterocycles. The van der Waals surface area contributed by atoms with Gasteiger partial charge in [-0.3, -0.25) is 0 Å². The first-order valence-corrected chi connectivity index (χ1v) is 6.53. The van der Waals surface area contributed by atoms with Crippen LogP contribution in [-0.2, 0) is 9.53 Å². The zero-order chi connectivity index (χ0) is 13.6. The zero-order valence-corrected chi connectivity index (χ0v) is 11.2. The van der Waals surface area contributed by atoms with E-state index < -0.39 is 11.0 Å². The molecule has 0 aromatic carbocycles. The molecule has 0 amide bonds. The average Bonchev–Trinajstić information content (AvgIpc) is 2.49. The van der Waals surface area contributed by atoms with E-state index in [9.17, 15) is 9.90 Å². The monoisotopic (exact) mass is 250 g/mol. The lowest BCUT2D eigenvalue weighted by molar-refractivity contribution is -0.137. The van der Waals surface area contributed by atoms with Crippen molar-refractivity contribution in [1.82, 2.24) is 0 Å². The van der Waals surface area contributed by atoms with Crippen molar-refractivity contribution in [2.24, 2.45) is 5.41 Å². The van der Waals surface area contributed by atoms with Crippen LogP contribution in [0, 0.1) is 17.8 Å². The fraction of sp³-hybridized carbons (Fsp3) is 0.667. The van der Waals surface area contributed by atoms with Gasteiger partial charge >= 0.3 is 5.97 Å². The molecule has 0 aromatic heterocycles. The van der Waals surface area contributed by atoms with E-state index in [2.05, 4.69) is 5.92 Å². The smallest absolute Gasteiger partial charge is 0.330 e.